The van der Waals surface area contributed by atoms with Crippen molar-refractivity contribution in [2.45, 2.75) is 19.8 Å². The number of ether oxygens (including phenoxy) is 1. The summed E-state index contributed by atoms with van der Waals surface area (Å²) in [6.45, 7) is 2.44. The molecule has 0 radical (unpaired) electrons. The number of aryl methyl sites for hydroxylation is 1. The van der Waals surface area contributed by atoms with E-state index in [1.165, 1.54) is 12.1 Å². The van der Waals surface area contributed by atoms with Gasteiger partial charge >= 0.3 is 0 Å². The van der Waals surface area contributed by atoms with Gasteiger partial charge in [-0.2, -0.15) is 0 Å². The smallest absolute Gasteiger partial charge is 0.224 e. The van der Waals surface area contributed by atoms with Crippen LogP contribution in [0, 0.1) is 12.7 Å². The monoisotopic (exact) mass is 340 g/mol. The first-order chi connectivity index (χ1) is 12.1. The summed E-state index contributed by atoms with van der Waals surface area (Å²) in [6, 6.07) is 12.4. The lowest BCUT2D eigenvalue weighted by Gasteiger charge is -2.07. The third-order valence-electron chi connectivity index (χ3n) is 4.29. The number of hydrogen-bond donors (Lipinski definition) is 2. The van der Waals surface area contributed by atoms with Gasteiger partial charge in [0.15, 0.2) is 0 Å². The number of halogens is 1. The second kappa shape index (κ2) is 7.38. The summed E-state index contributed by atoms with van der Waals surface area (Å²) in [5.74, 6) is 0.433. The van der Waals surface area contributed by atoms with Crippen molar-refractivity contribution in [2.75, 3.05) is 13.7 Å². The molecule has 25 heavy (non-hydrogen) atoms. The fraction of sp³-hybridized carbons (Fsp3) is 0.250. The van der Waals surface area contributed by atoms with Crippen molar-refractivity contribution in [3.63, 3.8) is 0 Å². The van der Waals surface area contributed by atoms with E-state index in [0.29, 0.717) is 6.54 Å². The van der Waals surface area contributed by atoms with E-state index in [4.69, 9.17) is 4.74 Å². The van der Waals surface area contributed by atoms with E-state index in [-0.39, 0.29) is 18.1 Å². The van der Waals surface area contributed by atoms with Gasteiger partial charge in [0.2, 0.25) is 5.91 Å². The molecule has 5 heteroatoms. The Labute approximate surface area is 146 Å². The zero-order valence-corrected chi connectivity index (χ0v) is 14.4. The Morgan fingerprint density at radius 2 is 2.08 bits per heavy atom. The minimum Gasteiger partial charge on any atom is -0.497 e. The number of benzene rings is 2. The number of carbonyl (C=O) groups is 1. The van der Waals surface area contributed by atoms with Gasteiger partial charge in [0.25, 0.3) is 0 Å². The average molecular weight is 340 g/mol. The fourth-order valence-corrected chi connectivity index (χ4v) is 2.98. The summed E-state index contributed by atoms with van der Waals surface area (Å²) in [7, 11) is 1.63. The Kier molecular flexibility index (Phi) is 5.03. The van der Waals surface area contributed by atoms with Crippen LogP contribution in [0.4, 0.5) is 4.39 Å². The molecule has 130 valence electrons. The predicted octanol–water partition coefficient (Wildman–Crippen LogP) is 3.53. The van der Waals surface area contributed by atoms with Crippen molar-refractivity contribution in [1.82, 2.24) is 10.3 Å². The quantitative estimate of drug-likeness (QED) is 0.721. The highest BCUT2D eigenvalue weighted by molar-refractivity contribution is 5.90. The molecule has 0 aliphatic heterocycles. The maximum absolute atomic E-state index is 13.5. The van der Waals surface area contributed by atoms with E-state index in [9.17, 15) is 9.18 Å². The van der Waals surface area contributed by atoms with Gasteiger partial charge in [-0.3, -0.25) is 4.79 Å². The highest BCUT2D eigenvalue weighted by Gasteiger charge is 2.13. The summed E-state index contributed by atoms with van der Waals surface area (Å²) < 4.78 is 18.7. The van der Waals surface area contributed by atoms with Gasteiger partial charge in [0, 0.05) is 23.1 Å². The minimum atomic E-state index is -0.300. The van der Waals surface area contributed by atoms with Gasteiger partial charge in [-0.25, -0.2) is 4.39 Å². The number of nitrogens with one attached hydrogen (secondary N) is 2. The average Bonchev–Trinajstić information content (AvgIpc) is 2.90. The van der Waals surface area contributed by atoms with Crippen LogP contribution in [-0.4, -0.2) is 24.5 Å². The number of aromatic amines is 1. The molecular formula is C20H21FN2O2. The van der Waals surface area contributed by atoms with E-state index < -0.39 is 0 Å². The number of aromatic nitrogens is 1. The van der Waals surface area contributed by atoms with E-state index in [1.54, 1.807) is 13.2 Å². The lowest BCUT2D eigenvalue weighted by Crippen LogP contribution is -2.27. The largest absolute Gasteiger partial charge is 0.497 e. The highest BCUT2D eigenvalue weighted by atomic mass is 19.1. The Bertz CT molecular complexity index is 902. The number of carbonyl (C=O) groups excluding carboxylic acids is 1. The number of H-pyrrole nitrogens is 1. The molecule has 2 N–H and O–H groups in total. The first kappa shape index (κ1) is 17.0. The number of amides is 1. The Morgan fingerprint density at radius 3 is 2.88 bits per heavy atom. The maximum atomic E-state index is 13.5. The van der Waals surface area contributed by atoms with Crippen LogP contribution >= 0.6 is 0 Å². The van der Waals surface area contributed by atoms with Crippen LogP contribution in [0.5, 0.6) is 5.75 Å². The number of methoxy groups -OCH3 is 1. The summed E-state index contributed by atoms with van der Waals surface area (Å²) in [4.78, 5) is 15.5. The van der Waals surface area contributed by atoms with Crippen molar-refractivity contribution in [3.8, 4) is 5.75 Å². The van der Waals surface area contributed by atoms with Crippen LogP contribution in [0.25, 0.3) is 10.9 Å². The van der Waals surface area contributed by atoms with Gasteiger partial charge in [-0.1, -0.05) is 12.1 Å². The topological polar surface area (TPSA) is 54.1 Å². The van der Waals surface area contributed by atoms with Crippen LogP contribution < -0.4 is 10.1 Å². The molecule has 0 fully saturated rings. The van der Waals surface area contributed by atoms with Crippen molar-refractivity contribution < 1.29 is 13.9 Å². The third-order valence-corrected chi connectivity index (χ3v) is 4.29. The molecule has 1 aromatic heterocycles. The molecule has 1 amide bonds. The lowest BCUT2D eigenvalue weighted by molar-refractivity contribution is -0.120. The first-order valence-electron chi connectivity index (χ1n) is 8.23. The molecule has 0 atom stereocenters. The van der Waals surface area contributed by atoms with Crippen molar-refractivity contribution in [2.24, 2.45) is 0 Å². The van der Waals surface area contributed by atoms with Crippen molar-refractivity contribution in [1.29, 1.82) is 0 Å². The maximum Gasteiger partial charge on any atom is 0.224 e. The molecule has 0 aliphatic rings. The van der Waals surface area contributed by atoms with Gasteiger partial charge < -0.3 is 15.0 Å². The highest BCUT2D eigenvalue weighted by Crippen LogP contribution is 2.23. The van der Waals surface area contributed by atoms with Crippen LogP contribution in [-0.2, 0) is 17.6 Å². The van der Waals surface area contributed by atoms with Gasteiger partial charge in [0.1, 0.15) is 11.6 Å². The number of fused-ring (bicyclic) bond motifs is 1. The van der Waals surface area contributed by atoms with Crippen molar-refractivity contribution >= 4 is 16.8 Å². The van der Waals surface area contributed by atoms with Gasteiger partial charge in [-0.05, 0) is 54.8 Å². The summed E-state index contributed by atoms with van der Waals surface area (Å²) in [6.07, 6.45) is 0.956. The minimum absolute atomic E-state index is 0.0730. The Hall–Kier alpha value is -2.82. The first-order valence-corrected chi connectivity index (χ1v) is 8.23. The zero-order chi connectivity index (χ0) is 17.8. The normalized spacial score (nSPS) is 10.8. The second-order valence-corrected chi connectivity index (χ2v) is 6.05. The Morgan fingerprint density at radius 1 is 1.24 bits per heavy atom. The van der Waals surface area contributed by atoms with Gasteiger partial charge in [-0.15, -0.1) is 0 Å². The van der Waals surface area contributed by atoms with Crippen LogP contribution in [0.3, 0.4) is 0 Å². The molecule has 0 saturated heterocycles. The molecule has 3 aromatic rings. The van der Waals surface area contributed by atoms with E-state index in [2.05, 4.69) is 10.3 Å². The standard InChI is InChI=1S/C20H21FN2O2/c1-13-17(18-11-15(21)6-7-19(18)23-13)12-20(24)22-9-8-14-4-3-5-16(10-14)25-2/h3-7,10-11,23H,8-9,12H2,1-2H3,(H,22,24). The molecular weight excluding hydrogens is 319 g/mol. The molecule has 0 aliphatic carbocycles. The molecule has 2 aromatic carbocycles. The predicted molar refractivity (Wildman–Crippen MR) is 96.4 cm³/mol. The molecule has 0 spiro atoms. The summed E-state index contributed by atoms with van der Waals surface area (Å²) in [5, 5.41) is 3.69. The molecule has 3 rings (SSSR count). The molecule has 0 bridgehead atoms. The number of rotatable bonds is 6. The SMILES string of the molecule is COc1cccc(CCNC(=O)Cc2c(C)[nH]c3ccc(F)cc23)c1. The summed E-state index contributed by atoms with van der Waals surface area (Å²) in [5.41, 5.74) is 3.68. The lowest BCUT2D eigenvalue weighted by atomic mass is 10.1. The van der Waals surface area contributed by atoms with E-state index in [0.717, 1.165) is 39.9 Å². The fourth-order valence-electron chi connectivity index (χ4n) is 2.98. The molecule has 4 nitrogen and oxygen atoms in total. The van der Waals surface area contributed by atoms with Crippen LogP contribution in [0.1, 0.15) is 16.8 Å². The number of hydrogen-bond acceptors (Lipinski definition) is 2. The second-order valence-electron chi connectivity index (χ2n) is 6.05. The molecule has 1 heterocycles. The Balaban J connectivity index is 1.61. The van der Waals surface area contributed by atoms with Gasteiger partial charge in [0.05, 0.1) is 13.5 Å². The van der Waals surface area contributed by atoms with Crippen LogP contribution in [0.15, 0.2) is 42.5 Å². The molecule has 0 unspecified atom stereocenters. The third kappa shape index (κ3) is 3.99. The summed E-state index contributed by atoms with van der Waals surface area (Å²) >= 11 is 0. The van der Waals surface area contributed by atoms with Crippen molar-refractivity contribution in [3.05, 3.63) is 65.1 Å². The zero-order valence-electron chi connectivity index (χ0n) is 14.4. The van der Waals surface area contributed by atoms with E-state index in [1.807, 2.05) is 31.2 Å². The van der Waals surface area contributed by atoms with Crippen LogP contribution in [0.2, 0.25) is 0 Å². The molecule has 0 saturated carbocycles. The van der Waals surface area contributed by atoms with E-state index >= 15 is 0 Å².